The number of rotatable bonds is 4. The van der Waals surface area contributed by atoms with Crippen molar-refractivity contribution in [3.05, 3.63) is 74.9 Å². The van der Waals surface area contributed by atoms with Gasteiger partial charge in [-0.2, -0.15) is 5.10 Å². The Labute approximate surface area is 172 Å². The van der Waals surface area contributed by atoms with Gasteiger partial charge in [0.15, 0.2) is 10.9 Å². The maximum absolute atomic E-state index is 6.05. The van der Waals surface area contributed by atoms with E-state index >= 15 is 0 Å². The highest BCUT2D eigenvalue weighted by atomic mass is 35.5. The molecule has 3 aromatic rings. The van der Waals surface area contributed by atoms with Crippen molar-refractivity contribution >= 4 is 63.6 Å². The Morgan fingerprint density at radius 3 is 2.62 bits per heavy atom. The molecule has 0 aliphatic rings. The summed E-state index contributed by atoms with van der Waals surface area (Å²) in [7, 11) is 0. The van der Waals surface area contributed by atoms with Crippen molar-refractivity contribution in [2.24, 2.45) is 0 Å². The first kappa shape index (κ1) is 19.0. The summed E-state index contributed by atoms with van der Waals surface area (Å²) < 4.78 is 1.79. The second kappa shape index (κ2) is 8.27. The number of hydrogen-bond acceptors (Lipinski definition) is 2. The van der Waals surface area contributed by atoms with E-state index in [9.17, 15) is 0 Å². The maximum atomic E-state index is 6.05. The number of benzene rings is 2. The SMILES string of the molecule is Cc1ccc(Cl)cc1NC(=S)Nc1ccn(Cc2ccc(Cl)c(Cl)c2)n1. The highest BCUT2D eigenvalue weighted by molar-refractivity contribution is 7.80. The molecule has 4 nitrogen and oxygen atoms in total. The molecule has 0 saturated heterocycles. The van der Waals surface area contributed by atoms with Crippen LogP contribution in [0.2, 0.25) is 15.1 Å². The van der Waals surface area contributed by atoms with E-state index in [-0.39, 0.29) is 0 Å². The van der Waals surface area contributed by atoms with Crippen LogP contribution in [-0.2, 0) is 6.54 Å². The number of nitrogens with zero attached hydrogens (tertiary/aromatic N) is 2. The average Bonchev–Trinajstić information content (AvgIpc) is 3.01. The lowest BCUT2D eigenvalue weighted by Gasteiger charge is -2.11. The Morgan fingerprint density at radius 1 is 1.04 bits per heavy atom. The number of aromatic nitrogens is 2. The fraction of sp³-hybridized carbons (Fsp3) is 0.111. The fourth-order valence-electron chi connectivity index (χ4n) is 2.34. The zero-order valence-electron chi connectivity index (χ0n) is 13.8. The van der Waals surface area contributed by atoms with Crippen molar-refractivity contribution in [2.75, 3.05) is 10.6 Å². The van der Waals surface area contributed by atoms with Crippen LogP contribution < -0.4 is 10.6 Å². The number of thiocarbonyl (C=S) groups is 1. The van der Waals surface area contributed by atoms with E-state index in [1.165, 1.54) is 0 Å². The Hall–Kier alpha value is -1.79. The summed E-state index contributed by atoms with van der Waals surface area (Å²) in [6.45, 7) is 2.55. The summed E-state index contributed by atoms with van der Waals surface area (Å²) in [5, 5.41) is 12.8. The molecule has 0 amide bonds. The largest absolute Gasteiger partial charge is 0.332 e. The zero-order valence-corrected chi connectivity index (χ0v) is 16.8. The lowest BCUT2D eigenvalue weighted by Crippen LogP contribution is -2.20. The number of nitrogens with one attached hydrogen (secondary N) is 2. The van der Waals surface area contributed by atoms with Crippen molar-refractivity contribution in [1.82, 2.24) is 9.78 Å². The second-order valence-corrected chi connectivity index (χ2v) is 7.34. The van der Waals surface area contributed by atoms with Gasteiger partial charge in [0, 0.05) is 23.0 Å². The van der Waals surface area contributed by atoms with Crippen LogP contribution in [0.15, 0.2) is 48.7 Å². The van der Waals surface area contributed by atoms with E-state index in [1.54, 1.807) is 10.7 Å². The quantitative estimate of drug-likeness (QED) is 0.502. The third-order valence-electron chi connectivity index (χ3n) is 3.66. The lowest BCUT2D eigenvalue weighted by molar-refractivity contribution is 0.690. The number of anilines is 2. The minimum Gasteiger partial charge on any atom is -0.332 e. The van der Waals surface area contributed by atoms with E-state index in [0.717, 1.165) is 16.8 Å². The van der Waals surface area contributed by atoms with Gasteiger partial charge in [-0.25, -0.2) is 0 Å². The van der Waals surface area contributed by atoms with Gasteiger partial charge in [-0.15, -0.1) is 0 Å². The first-order chi connectivity index (χ1) is 12.4. The van der Waals surface area contributed by atoms with Gasteiger partial charge in [-0.05, 0) is 54.5 Å². The molecule has 0 saturated carbocycles. The molecule has 134 valence electrons. The topological polar surface area (TPSA) is 41.9 Å². The lowest BCUT2D eigenvalue weighted by atomic mass is 10.2. The van der Waals surface area contributed by atoms with Crippen LogP contribution in [0.1, 0.15) is 11.1 Å². The Balaban J connectivity index is 1.63. The molecular weight excluding hydrogens is 411 g/mol. The van der Waals surface area contributed by atoms with E-state index in [1.807, 2.05) is 49.5 Å². The van der Waals surface area contributed by atoms with Gasteiger partial charge in [0.2, 0.25) is 0 Å². The third-order valence-corrected chi connectivity index (χ3v) is 4.84. The van der Waals surface area contributed by atoms with Gasteiger partial charge in [-0.1, -0.05) is 46.9 Å². The molecule has 0 radical (unpaired) electrons. The number of aryl methyl sites for hydroxylation is 1. The summed E-state index contributed by atoms with van der Waals surface area (Å²) in [5.74, 6) is 0.641. The van der Waals surface area contributed by atoms with Crippen molar-refractivity contribution < 1.29 is 0 Å². The first-order valence-electron chi connectivity index (χ1n) is 7.72. The fourth-order valence-corrected chi connectivity index (χ4v) is 3.05. The molecule has 0 aliphatic heterocycles. The van der Waals surface area contributed by atoms with Gasteiger partial charge in [0.1, 0.15) is 0 Å². The van der Waals surface area contributed by atoms with E-state index in [0.29, 0.717) is 32.5 Å². The Bertz CT molecular complexity index is 955. The van der Waals surface area contributed by atoms with Crippen molar-refractivity contribution in [3.63, 3.8) is 0 Å². The minimum absolute atomic E-state index is 0.440. The predicted molar refractivity (Wildman–Crippen MR) is 114 cm³/mol. The number of halogens is 3. The van der Waals surface area contributed by atoms with Crippen LogP contribution in [0.3, 0.4) is 0 Å². The summed E-state index contributed by atoms with van der Waals surface area (Å²) in [5.41, 5.74) is 2.90. The van der Waals surface area contributed by atoms with Gasteiger partial charge in [0.05, 0.1) is 16.6 Å². The molecule has 26 heavy (non-hydrogen) atoms. The molecule has 8 heteroatoms. The molecule has 0 aliphatic carbocycles. The molecule has 2 N–H and O–H groups in total. The summed E-state index contributed by atoms with van der Waals surface area (Å²) in [6.07, 6.45) is 1.86. The van der Waals surface area contributed by atoms with Crippen LogP contribution in [0.4, 0.5) is 11.5 Å². The van der Waals surface area contributed by atoms with Crippen LogP contribution in [-0.4, -0.2) is 14.9 Å². The van der Waals surface area contributed by atoms with E-state index in [2.05, 4.69) is 15.7 Å². The van der Waals surface area contributed by atoms with Gasteiger partial charge in [-0.3, -0.25) is 4.68 Å². The molecule has 1 aromatic heterocycles. The monoisotopic (exact) mass is 424 g/mol. The third kappa shape index (κ3) is 4.89. The minimum atomic E-state index is 0.440. The molecule has 0 atom stereocenters. The maximum Gasteiger partial charge on any atom is 0.176 e. The summed E-state index contributed by atoms with van der Waals surface area (Å²) in [6, 6.07) is 12.9. The van der Waals surface area contributed by atoms with Crippen molar-refractivity contribution in [1.29, 1.82) is 0 Å². The predicted octanol–water partition coefficient (Wildman–Crippen LogP) is 6.01. The summed E-state index contributed by atoms with van der Waals surface area (Å²) in [4.78, 5) is 0. The standard InChI is InChI=1S/C18H15Cl3N4S/c1-11-2-4-13(19)9-16(11)22-18(26)23-17-6-7-25(24-17)10-12-3-5-14(20)15(21)8-12/h2-9H,10H2,1H3,(H2,22,23,24,26). The first-order valence-corrected chi connectivity index (χ1v) is 9.26. The molecule has 0 bridgehead atoms. The van der Waals surface area contributed by atoms with Gasteiger partial charge >= 0.3 is 0 Å². The van der Waals surface area contributed by atoms with Gasteiger partial charge < -0.3 is 10.6 Å². The smallest absolute Gasteiger partial charge is 0.176 e. The molecule has 0 spiro atoms. The summed E-state index contributed by atoms with van der Waals surface area (Å²) >= 11 is 23.4. The van der Waals surface area contributed by atoms with E-state index in [4.69, 9.17) is 47.0 Å². The molecule has 0 fully saturated rings. The zero-order chi connectivity index (χ0) is 18.7. The van der Waals surface area contributed by atoms with Crippen LogP contribution >= 0.6 is 47.0 Å². The highest BCUT2D eigenvalue weighted by Crippen LogP contribution is 2.23. The molecular formula is C18H15Cl3N4S. The van der Waals surface area contributed by atoms with Crippen molar-refractivity contribution in [2.45, 2.75) is 13.5 Å². The molecule has 1 heterocycles. The molecule has 0 unspecified atom stereocenters. The Morgan fingerprint density at radius 2 is 1.85 bits per heavy atom. The second-order valence-electron chi connectivity index (χ2n) is 5.69. The average molecular weight is 426 g/mol. The van der Waals surface area contributed by atoms with Crippen LogP contribution in [0.25, 0.3) is 0 Å². The molecule has 2 aromatic carbocycles. The molecule has 3 rings (SSSR count). The van der Waals surface area contributed by atoms with E-state index < -0.39 is 0 Å². The van der Waals surface area contributed by atoms with Crippen LogP contribution in [0, 0.1) is 6.92 Å². The van der Waals surface area contributed by atoms with Crippen molar-refractivity contribution in [3.8, 4) is 0 Å². The van der Waals surface area contributed by atoms with Crippen LogP contribution in [0.5, 0.6) is 0 Å². The Kier molecular flexibility index (Phi) is 6.04. The normalized spacial score (nSPS) is 10.6. The number of hydrogen-bond donors (Lipinski definition) is 2. The highest BCUT2D eigenvalue weighted by Gasteiger charge is 2.06. The van der Waals surface area contributed by atoms with Gasteiger partial charge in [0.25, 0.3) is 0 Å².